The van der Waals surface area contributed by atoms with Gasteiger partial charge in [0.05, 0.1) is 6.54 Å². The molecule has 0 saturated carbocycles. The average Bonchev–Trinajstić information content (AvgIpc) is 3.18. The number of rotatable bonds is 6. The SMILES string of the molecule is O=S(=O)(NC[C@@H]1CCCN(Cc2ccc(Cl)o2)C1)c1cccs1. The zero-order valence-electron chi connectivity index (χ0n) is 12.6. The first-order chi connectivity index (χ1) is 11.0. The molecule has 8 heteroatoms. The number of furan rings is 1. The van der Waals surface area contributed by atoms with Crippen molar-refractivity contribution in [3.8, 4) is 0 Å². The molecule has 0 bridgehead atoms. The summed E-state index contributed by atoms with van der Waals surface area (Å²) >= 11 is 7.03. The molecule has 0 unspecified atom stereocenters. The summed E-state index contributed by atoms with van der Waals surface area (Å²) in [7, 11) is -3.38. The second-order valence-corrected chi connectivity index (χ2v) is 9.05. The first-order valence-electron chi connectivity index (χ1n) is 7.53. The van der Waals surface area contributed by atoms with Crippen LogP contribution in [-0.4, -0.2) is 33.0 Å². The van der Waals surface area contributed by atoms with Crippen molar-refractivity contribution in [2.45, 2.75) is 23.6 Å². The van der Waals surface area contributed by atoms with Gasteiger partial charge in [0.1, 0.15) is 9.97 Å². The minimum atomic E-state index is -3.38. The fourth-order valence-electron chi connectivity index (χ4n) is 2.83. The molecular formula is C15H19ClN2O3S2. The molecule has 2 aromatic rings. The van der Waals surface area contributed by atoms with Gasteiger partial charge >= 0.3 is 0 Å². The van der Waals surface area contributed by atoms with Crippen LogP contribution in [-0.2, 0) is 16.6 Å². The molecular weight excluding hydrogens is 356 g/mol. The second-order valence-electron chi connectivity index (χ2n) is 5.73. The lowest BCUT2D eigenvalue weighted by molar-refractivity contribution is 0.158. The summed E-state index contributed by atoms with van der Waals surface area (Å²) in [5, 5.41) is 2.17. The van der Waals surface area contributed by atoms with Crippen LogP contribution in [0.15, 0.2) is 38.3 Å². The first-order valence-corrected chi connectivity index (χ1v) is 10.3. The zero-order chi connectivity index (χ0) is 16.3. The molecule has 1 saturated heterocycles. The van der Waals surface area contributed by atoms with Crippen LogP contribution in [0.25, 0.3) is 0 Å². The third-order valence-corrected chi connectivity index (χ3v) is 6.96. The van der Waals surface area contributed by atoms with Crippen molar-refractivity contribution >= 4 is 33.0 Å². The highest BCUT2D eigenvalue weighted by atomic mass is 35.5. The number of thiophene rings is 1. The molecule has 1 aliphatic rings. The molecule has 0 amide bonds. The van der Waals surface area contributed by atoms with Crippen molar-refractivity contribution in [2.75, 3.05) is 19.6 Å². The van der Waals surface area contributed by atoms with Crippen LogP contribution in [0.4, 0.5) is 0 Å². The van der Waals surface area contributed by atoms with Crippen molar-refractivity contribution in [2.24, 2.45) is 5.92 Å². The molecule has 23 heavy (non-hydrogen) atoms. The highest BCUT2D eigenvalue weighted by Crippen LogP contribution is 2.21. The normalized spacial score (nSPS) is 20.0. The van der Waals surface area contributed by atoms with E-state index in [0.29, 0.717) is 28.4 Å². The second kappa shape index (κ2) is 7.36. The predicted molar refractivity (Wildman–Crippen MR) is 91.2 cm³/mol. The van der Waals surface area contributed by atoms with Crippen LogP contribution < -0.4 is 4.72 Å². The maximum absolute atomic E-state index is 12.2. The van der Waals surface area contributed by atoms with E-state index in [-0.39, 0.29) is 0 Å². The summed E-state index contributed by atoms with van der Waals surface area (Å²) in [4.78, 5) is 2.28. The van der Waals surface area contributed by atoms with Crippen molar-refractivity contribution in [1.29, 1.82) is 0 Å². The molecule has 3 heterocycles. The van der Waals surface area contributed by atoms with Gasteiger partial charge in [-0.1, -0.05) is 6.07 Å². The van der Waals surface area contributed by atoms with E-state index in [9.17, 15) is 8.42 Å². The van der Waals surface area contributed by atoms with Gasteiger partial charge in [0.2, 0.25) is 10.0 Å². The first kappa shape index (κ1) is 17.0. The van der Waals surface area contributed by atoms with Gasteiger partial charge in [0, 0.05) is 13.1 Å². The Balaban J connectivity index is 1.52. The highest BCUT2D eigenvalue weighted by molar-refractivity contribution is 7.91. The van der Waals surface area contributed by atoms with Crippen LogP contribution in [0, 0.1) is 5.92 Å². The highest BCUT2D eigenvalue weighted by Gasteiger charge is 2.23. The Kier molecular flexibility index (Phi) is 5.43. The molecule has 1 fully saturated rings. The van der Waals surface area contributed by atoms with Crippen LogP contribution in [0.3, 0.4) is 0 Å². The predicted octanol–water partition coefficient (Wildman–Crippen LogP) is 3.19. The average molecular weight is 375 g/mol. The molecule has 0 radical (unpaired) electrons. The van der Waals surface area contributed by atoms with Crippen molar-refractivity contribution in [3.63, 3.8) is 0 Å². The van der Waals surface area contributed by atoms with E-state index in [2.05, 4.69) is 9.62 Å². The van der Waals surface area contributed by atoms with Crippen molar-refractivity contribution < 1.29 is 12.8 Å². The summed E-state index contributed by atoms with van der Waals surface area (Å²) in [6.07, 6.45) is 2.09. The monoisotopic (exact) mass is 374 g/mol. The molecule has 2 aromatic heterocycles. The lowest BCUT2D eigenvalue weighted by Crippen LogP contribution is -2.40. The van der Waals surface area contributed by atoms with E-state index >= 15 is 0 Å². The topological polar surface area (TPSA) is 62.6 Å². The largest absolute Gasteiger partial charge is 0.448 e. The minimum Gasteiger partial charge on any atom is -0.448 e. The number of hydrogen-bond donors (Lipinski definition) is 1. The zero-order valence-corrected chi connectivity index (χ0v) is 15.0. The molecule has 0 aromatic carbocycles. The minimum absolute atomic E-state index is 0.309. The van der Waals surface area contributed by atoms with Gasteiger partial charge in [0.15, 0.2) is 5.22 Å². The van der Waals surface area contributed by atoms with E-state index in [1.807, 2.05) is 6.07 Å². The van der Waals surface area contributed by atoms with E-state index < -0.39 is 10.0 Å². The van der Waals surface area contributed by atoms with Gasteiger partial charge in [-0.25, -0.2) is 13.1 Å². The summed E-state index contributed by atoms with van der Waals surface area (Å²) in [5.74, 6) is 1.15. The van der Waals surface area contributed by atoms with Crippen LogP contribution in [0.2, 0.25) is 5.22 Å². The molecule has 5 nitrogen and oxygen atoms in total. The molecule has 0 spiro atoms. The third-order valence-electron chi connectivity index (χ3n) is 3.93. The van der Waals surface area contributed by atoms with Crippen LogP contribution in [0.5, 0.6) is 0 Å². The number of piperidine rings is 1. The molecule has 3 rings (SSSR count). The van der Waals surface area contributed by atoms with Crippen molar-refractivity contribution in [1.82, 2.24) is 9.62 Å². The van der Waals surface area contributed by atoms with E-state index in [1.165, 1.54) is 11.3 Å². The number of nitrogens with zero attached hydrogens (tertiary/aromatic N) is 1. The van der Waals surface area contributed by atoms with Gasteiger partial charge in [-0.15, -0.1) is 11.3 Å². The van der Waals surface area contributed by atoms with Crippen LogP contribution >= 0.6 is 22.9 Å². The number of likely N-dealkylation sites (tertiary alicyclic amines) is 1. The summed E-state index contributed by atoms with van der Waals surface area (Å²) in [6, 6.07) is 7.00. The Labute approximate surface area is 145 Å². The van der Waals surface area contributed by atoms with Gasteiger partial charge in [-0.05, 0) is 60.5 Å². The standard InChI is InChI=1S/C15H19ClN2O3S2/c16-14-6-5-13(21-14)11-18-7-1-3-12(10-18)9-17-23(19,20)15-4-2-8-22-15/h2,4-6,8,12,17H,1,3,7,9-11H2/t12-/m0/s1. The molecule has 0 aliphatic carbocycles. The maximum Gasteiger partial charge on any atom is 0.250 e. The molecule has 1 aliphatic heterocycles. The van der Waals surface area contributed by atoms with Gasteiger partial charge in [-0.2, -0.15) is 0 Å². The number of sulfonamides is 1. The lowest BCUT2D eigenvalue weighted by atomic mass is 9.98. The Morgan fingerprint density at radius 3 is 2.96 bits per heavy atom. The van der Waals surface area contributed by atoms with Crippen LogP contribution in [0.1, 0.15) is 18.6 Å². The molecule has 1 N–H and O–H groups in total. The lowest BCUT2D eigenvalue weighted by Gasteiger charge is -2.32. The Morgan fingerprint density at radius 2 is 2.26 bits per heavy atom. The van der Waals surface area contributed by atoms with Gasteiger partial charge < -0.3 is 4.42 Å². The van der Waals surface area contributed by atoms with E-state index in [1.54, 1.807) is 23.6 Å². The number of halogens is 1. The summed E-state index contributed by atoms with van der Waals surface area (Å²) in [6.45, 7) is 3.02. The maximum atomic E-state index is 12.2. The van der Waals surface area contributed by atoms with Crippen molar-refractivity contribution in [3.05, 3.63) is 40.6 Å². The summed E-state index contributed by atoms with van der Waals surface area (Å²) < 4.78 is 32.8. The third kappa shape index (κ3) is 4.58. The summed E-state index contributed by atoms with van der Waals surface area (Å²) in [5.41, 5.74) is 0. The molecule has 1 atom stereocenters. The number of nitrogens with one attached hydrogen (secondary N) is 1. The fourth-order valence-corrected chi connectivity index (χ4v) is 5.15. The molecule has 126 valence electrons. The number of hydrogen-bond acceptors (Lipinski definition) is 5. The smallest absolute Gasteiger partial charge is 0.250 e. The quantitative estimate of drug-likeness (QED) is 0.843. The van der Waals surface area contributed by atoms with Gasteiger partial charge in [-0.3, -0.25) is 4.90 Å². The Morgan fingerprint density at radius 1 is 1.39 bits per heavy atom. The van der Waals surface area contributed by atoms with E-state index in [4.69, 9.17) is 16.0 Å². The van der Waals surface area contributed by atoms with Gasteiger partial charge in [0.25, 0.3) is 0 Å². The van der Waals surface area contributed by atoms with E-state index in [0.717, 1.165) is 31.7 Å². The Bertz CT molecular complexity index is 728. The Hall–Kier alpha value is -0.860. The fraction of sp³-hybridized carbons (Fsp3) is 0.467.